The molecule has 0 radical (unpaired) electrons. The molecule has 0 atom stereocenters. The van der Waals surface area contributed by atoms with E-state index in [9.17, 15) is 12.8 Å². The number of nitrogens with zero attached hydrogens (tertiary/aromatic N) is 6. The summed E-state index contributed by atoms with van der Waals surface area (Å²) in [6.45, 7) is 8.99. The highest BCUT2D eigenvalue weighted by Crippen LogP contribution is 2.32. The maximum absolute atomic E-state index is 14.5. The maximum Gasteiger partial charge on any atom is 0.256 e. The number of benzene rings is 1. The minimum Gasteiger partial charge on any atom is -0.356 e. The van der Waals surface area contributed by atoms with Gasteiger partial charge in [0.25, 0.3) is 5.88 Å². The van der Waals surface area contributed by atoms with E-state index >= 15 is 0 Å². The van der Waals surface area contributed by atoms with Crippen molar-refractivity contribution < 1.29 is 22.2 Å². The molecule has 3 heterocycles. The van der Waals surface area contributed by atoms with Gasteiger partial charge >= 0.3 is 0 Å². The molecule has 1 aliphatic heterocycles. The maximum atomic E-state index is 14.5. The van der Waals surface area contributed by atoms with Gasteiger partial charge in [-0.15, -0.1) is 0 Å². The Balaban J connectivity index is 1.45. The first-order valence-corrected chi connectivity index (χ1v) is 13.6. The molecule has 0 aliphatic carbocycles. The van der Waals surface area contributed by atoms with E-state index in [2.05, 4.69) is 30.2 Å². The van der Waals surface area contributed by atoms with Crippen molar-refractivity contribution in [1.82, 2.24) is 20.1 Å². The molecule has 3 aromatic rings. The average Bonchev–Trinajstić information content (AvgIpc) is 3.33. The molecule has 12 heteroatoms. The molecule has 2 aromatic heterocycles. The SMILES string of the molecule is C/C(=N/Oc1ncnc(N2CCC(c3nc(C(C)C)no3)CC2)c1C)c1ccc(S(C)(=O)=O)cc1F. The summed E-state index contributed by atoms with van der Waals surface area (Å²) < 4.78 is 43.2. The second-order valence-electron chi connectivity index (χ2n) is 9.22. The molecule has 4 rings (SSSR count). The Labute approximate surface area is 209 Å². The minimum atomic E-state index is -3.51. The molecule has 36 heavy (non-hydrogen) atoms. The molecule has 0 spiro atoms. The average molecular weight is 517 g/mol. The number of rotatable bonds is 7. The Morgan fingerprint density at radius 3 is 2.58 bits per heavy atom. The summed E-state index contributed by atoms with van der Waals surface area (Å²) in [5, 5.41) is 8.09. The highest BCUT2D eigenvalue weighted by Gasteiger charge is 2.27. The third kappa shape index (κ3) is 5.53. The zero-order valence-electron chi connectivity index (χ0n) is 20.9. The van der Waals surface area contributed by atoms with Crippen molar-refractivity contribution in [2.24, 2.45) is 5.16 Å². The second kappa shape index (κ2) is 10.3. The van der Waals surface area contributed by atoms with Crippen molar-refractivity contribution in [2.45, 2.75) is 57.3 Å². The van der Waals surface area contributed by atoms with Crippen LogP contribution in [-0.2, 0) is 9.84 Å². The van der Waals surface area contributed by atoms with E-state index in [1.165, 1.54) is 18.5 Å². The van der Waals surface area contributed by atoms with Crippen LogP contribution in [0.4, 0.5) is 10.2 Å². The van der Waals surface area contributed by atoms with Crippen molar-refractivity contribution in [1.29, 1.82) is 0 Å². The summed E-state index contributed by atoms with van der Waals surface area (Å²) in [5.41, 5.74) is 1.09. The largest absolute Gasteiger partial charge is 0.356 e. The van der Waals surface area contributed by atoms with E-state index in [1.54, 1.807) is 6.92 Å². The smallest absolute Gasteiger partial charge is 0.256 e. The second-order valence-corrected chi connectivity index (χ2v) is 11.2. The summed E-state index contributed by atoms with van der Waals surface area (Å²) in [6.07, 6.45) is 4.12. The number of sulfone groups is 1. The van der Waals surface area contributed by atoms with Gasteiger partial charge in [0, 0.05) is 36.7 Å². The molecule has 0 unspecified atom stereocenters. The molecule has 0 N–H and O–H groups in total. The fourth-order valence-electron chi connectivity index (χ4n) is 4.00. The fraction of sp³-hybridized carbons (Fsp3) is 0.458. The molecular formula is C24H29FN6O4S. The van der Waals surface area contributed by atoms with E-state index in [0.29, 0.717) is 11.5 Å². The lowest BCUT2D eigenvalue weighted by atomic mass is 9.96. The predicted octanol–water partition coefficient (Wildman–Crippen LogP) is 4.02. The summed E-state index contributed by atoms with van der Waals surface area (Å²) in [5.74, 6) is 2.13. The van der Waals surface area contributed by atoms with Gasteiger partial charge in [-0.1, -0.05) is 24.2 Å². The van der Waals surface area contributed by atoms with Crippen LogP contribution in [0.2, 0.25) is 0 Å². The highest BCUT2D eigenvalue weighted by molar-refractivity contribution is 7.90. The number of halogens is 1. The lowest BCUT2D eigenvalue weighted by Gasteiger charge is -2.32. The van der Waals surface area contributed by atoms with Gasteiger partial charge in [-0.05, 0) is 44.9 Å². The summed E-state index contributed by atoms with van der Waals surface area (Å²) in [7, 11) is -3.51. The predicted molar refractivity (Wildman–Crippen MR) is 132 cm³/mol. The van der Waals surface area contributed by atoms with Crippen LogP contribution in [0.5, 0.6) is 5.88 Å². The first-order chi connectivity index (χ1) is 17.0. The molecule has 10 nitrogen and oxygen atoms in total. The van der Waals surface area contributed by atoms with Gasteiger partial charge in [0.05, 0.1) is 16.2 Å². The van der Waals surface area contributed by atoms with Crippen LogP contribution in [0.25, 0.3) is 0 Å². The fourth-order valence-corrected chi connectivity index (χ4v) is 4.64. The zero-order chi connectivity index (χ0) is 26.0. The normalized spacial score (nSPS) is 15.5. The van der Waals surface area contributed by atoms with E-state index in [0.717, 1.165) is 49.9 Å². The van der Waals surface area contributed by atoms with Crippen molar-refractivity contribution in [3.05, 3.63) is 53.2 Å². The van der Waals surface area contributed by atoms with Gasteiger partial charge in [0.2, 0.25) is 5.89 Å². The number of piperidine rings is 1. The number of anilines is 1. The molecule has 0 bridgehead atoms. The Morgan fingerprint density at radius 2 is 1.97 bits per heavy atom. The number of aromatic nitrogens is 4. The molecule has 1 saturated heterocycles. The summed E-state index contributed by atoms with van der Waals surface area (Å²) in [6, 6.07) is 3.67. The monoisotopic (exact) mass is 516 g/mol. The van der Waals surface area contributed by atoms with E-state index < -0.39 is 15.7 Å². The Kier molecular flexibility index (Phi) is 7.34. The molecule has 0 saturated carbocycles. The summed E-state index contributed by atoms with van der Waals surface area (Å²) >= 11 is 0. The van der Waals surface area contributed by atoms with Crippen molar-refractivity contribution in [2.75, 3.05) is 24.2 Å². The zero-order valence-corrected chi connectivity index (χ0v) is 21.7. The van der Waals surface area contributed by atoms with Crippen molar-refractivity contribution >= 4 is 21.4 Å². The Morgan fingerprint density at radius 1 is 1.25 bits per heavy atom. The molecule has 1 aromatic carbocycles. The van der Waals surface area contributed by atoms with E-state index in [4.69, 9.17) is 9.36 Å². The quantitative estimate of drug-likeness (QED) is 0.338. The third-order valence-electron chi connectivity index (χ3n) is 6.16. The van der Waals surface area contributed by atoms with Gasteiger partial charge in [-0.3, -0.25) is 0 Å². The lowest BCUT2D eigenvalue weighted by molar-refractivity contribution is 0.321. The molecular weight excluding hydrogens is 487 g/mol. The van der Waals surface area contributed by atoms with Crippen molar-refractivity contribution in [3.63, 3.8) is 0 Å². The molecule has 0 amide bonds. The van der Waals surface area contributed by atoms with Gasteiger partial charge < -0.3 is 14.3 Å². The molecule has 1 aliphatic rings. The lowest BCUT2D eigenvalue weighted by Crippen LogP contribution is -2.34. The Bertz CT molecular complexity index is 1380. The first-order valence-electron chi connectivity index (χ1n) is 11.7. The first kappa shape index (κ1) is 25.7. The van der Waals surface area contributed by atoms with Gasteiger partial charge in [-0.2, -0.15) is 9.97 Å². The van der Waals surface area contributed by atoms with Crippen LogP contribution in [-0.4, -0.2) is 53.6 Å². The standard InChI is InChI=1S/C24H29FN6O4S/c1-14(2)21-28-24(35-30-21)17-8-10-31(11-9-17)22-15(3)23(27-13-26-22)34-29-16(4)19-7-6-18(12-20(19)25)36(5,32)33/h6-7,12-14,17H,8-11H2,1-5H3/b29-16-. The molecule has 192 valence electrons. The summed E-state index contributed by atoms with van der Waals surface area (Å²) in [4.78, 5) is 20.8. The van der Waals surface area contributed by atoms with E-state index in [-0.39, 0.29) is 33.9 Å². The highest BCUT2D eigenvalue weighted by atomic mass is 32.2. The van der Waals surface area contributed by atoms with Crippen LogP contribution in [0.15, 0.2) is 39.1 Å². The number of hydrogen-bond donors (Lipinski definition) is 0. The van der Waals surface area contributed by atoms with Gasteiger partial charge in [-0.25, -0.2) is 17.8 Å². The van der Waals surface area contributed by atoms with Crippen LogP contribution in [0, 0.1) is 12.7 Å². The van der Waals surface area contributed by atoms with Crippen LogP contribution in [0.1, 0.15) is 68.3 Å². The minimum absolute atomic E-state index is 0.100. The van der Waals surface area contributed by atoms with Crippen molar-refractivity contribution in [3.8, 4) is 5.88 Å². The third-order valence-corrected chi connectivity index (χ3v) is 7.27. The van der Waals surface area contributed by atoms with Crippen LogP contribution >= 0.6 is 0 Å². The molecule has 1 fully saturated rings. The van der Waals surface area contributed by atoms with Crippen LogP contribution in [0.3, 0.4) is 0 Å². The van der Waals surface area contributed by atoms with Gasteiger partial charge in [0.1, 0.15) is 18.0 Å². The van der Waals surface area contributed by atoms with Gasteiger partial charge in [0.15, 0.2) is 15.7 Å². The van der Waals surface area contributed by atoms with Crippen LogP contribution < -0.4 is 9.74 Å². The topological polar surface area (TPSA) is 124 Å². The Hall–Kier alpha value is -3.41. The number of hydrogen-bond acceptors (Lipinski definition) is 10. The number of oxime groups is 1. The van der Waals surface area contributed by atoms with E-state index in [1.807, 2.05) is 20.8 Å².